The van der Waals surface area contributed by atoms with Gasteiger partial charge in [-0.3, -0.25) is 9.40 Å². The summed E-state index contributed by atoms with van der Waals surface area (Å²) in [5.41, 5.74) is 5.89. The van der Waals surface area contributed by atoms with Gasteiger partial charge in [0.15, 0.2) is 5.82 Å². The number of hydrogen-bond donors (Lipinski definition) is 2. The van der Waals surface area contributed by atoms with E-state index in [9.17, 15) is 8.42 Å². The molecule has 0 aliphatic carbocycles. The molecule has 3 N–H and O–H groups in total. The summed E-state index contributed by atoms with van der Waals surface area (Å²) >= 11 is 0. The van der Waals surface area contributed by atoms with Gasteiger partial charge in [0.25, 0.3) is 0 Å². The zero-order valence-corrected chi connectivity index (χ0v) is 10.6. The number of nitrogens with two attached hydrogens (primary N) is 1. The number of nitrogen functional groups attached to an aromatic ring is 1. The van der Waals surface area contributed by atoms with Crippen molar-refractivity contribution in [1.29, 1.82) is 0 Å². The Labute approximate surface area is 95.4 Å². The molecule has 0 spiro atoms. The first-order valence-electron chi connectivity index (χ1n) is 4.79. The number of aryl methyl sites for hydroxylation is 1. The second kappa shape index (κ2) is 4.30. The van der Waals surface area contributed by atoms with Crippen LogP contribution in [-0.2, 0) is 17.3 Å². The normalized spacial score (nSPS) is 12.4. The van der Waals surface area contributed by atoms with Crippen molar-refractivity contribution in [3.05, 3.63) is 6.20 Å². The Bertz CT molecular complexity index is 445. The van der Waals surface area contributed by atoms with E-state index in [2.05, 4.69) is 9.82 Å². The van der Waals surface area contributed by atoms with E-state index < -0.39 is 10.2 Å². The van der Waals surface area contributed by atoms with Gasteiger partial charge in [-0.1, -0.05) is 0 Å². The van der Waals surface area contributed by atoms with Gasteiger partial charge in [-0.05, 0) is 13.8 Å². The Balaban J connectivity index is 2.98. The molecular weight excluding hydrogens is 230 g/mol. The Morgan fingerprint density at radius 3 is 2.50 bits per heavy atom. The molecule has 0 radical (unpaired) electrons. The van der Waals surface area contributed by atoms with Crippen molar-refractivity contribution in [3.8, 4) is 0 Å². The molecule has 92 valence electrons. The summed E-state index contributed by atoms with van der Waals surface area (Å²) in [5, 5.41) is 3.85. The van der Waals surface area contributed by atoms with Crippen molar-refractivity contribution < 1.29 is 8.42 Å². The van der Waals surface area contributed by atoms with Gasteiger partial charge < -0.3 is 5.73 Å². The predicted octanol–water partition coefficient (Wildman–Crippen LogP) is -0.000800. The van der Waals surface area contributed by atoms with Crippen molar-refractivity contribution in [1.82, 2.24) is 14.1 Å². The first kappa shape index (κ1) is 12.8. The molecule has 0 aliphatic heterocycles. The molecule has 16 heavy (non-hydrogen) atoms. The summed E-state index contributed by atoms with van der Waals surface area (Å²) in [5.74, 6) is 0.271. The van der Waals surface area contributed by atoms with Crippen LogP contribution in [0.2, 0.25) is 0 Å². The first-order valence-corrected chi connectivity index (χ1v) is 6.23. The molecule has 0 aromatic carbocycles. The Morgan fingerprint density at radius 1 is 1.56 bits per heavy atom. The van der Waals surface area contributed by atoms with Crippen molar-refractivity contribution in [2.45, 2.75) is 19.9 Å². The second-order valence-electron chi connectivity index (χ2n) is 3.79. The van der Waals surface area contributed by atoms with E-state index in [4.69, 9.17) is 5.73 Å². The van der Waals surface area contributed by atoms with E-state index in [1.807, 2.05) is 0 Å². The fourth-order valence-corrected chi connectivity index (χ4v) is 2.24. The number of rotatable bonds is 4. The highest BCUT2D eigenvalue weighted by Gasteiger charge is 2.22. The monoisotopic (exact) mass is 247 g/mol. The molecule has 0 fully saturated rings. The fraction of sp³-hybridized carbons (Fsp3) is 0.625. The maximum atomic E-state index is 11.9. The summed E-state index contributed by atoms with van der Waals surface area (Å²) in [6.07, 6.45) is 1.40. The van der Waals surface area contributed by atoms with E-state index in [-0.39, 0.29) is 11.9 Å². The Kier molecular flexibility index (Phi) is 3.44. The first-order chi connectivity index (χ1) is 7.25. The van der Waals surface area contributed by atoms with Crippen LogP contribution in [0.4, 0.5) is 11.5 Å². The van der Waals surface area contributed by atoms with E-state index in [0.29, 0.717) is 5.69 Å². The molecule has 1 aromatic rings. The smallest absolute Gasteiger partial charge is 0.302 e. The summed E-state index contributed by atoms with van der Waals surface area (Å²) in [4.78, 5) is 0. The molecule has 0 atom stereocenters. The molecule has 7 nitrogen and oxygen atoms in total. The topological polar surface area (TPSA) is 93.2 Å². The summed E-state index contributed by atoms with van der Waals surface area (Å²) < 4.78 is 28.7. The second-order valence-corrected chi connectivity index (χ2v) is 5.52. The Hall–Kier alpha value is -1.28. The molecule has 0 saturated carbocycles. The van der Waals surface area contributed by atoms with Gasteiger partial charge in [0.2, 0.25) is 0 Å². The molecule has 0 aliphatic rings. The zero-order valence-electron chi connectivity index (χ0n) is 9.80. The predicted molar refractivity (Wildman–Crippen MR) is 63.1 cm³/mol. The van der Waals surface area contributed by atoms with Gasteiger partial charge in [-0.15, -0.1) is 0 Å². The molecule has 8 heteroatoms. The minimum atomic E-state index is -3.58. The molecular formula is C8H17N5O2S. The quantitative estimate of drug-likeness (QED) is 0.783. The molecule has 0 unspecified atom stereocenters. The van der Waals surface area contributed by atoms with Crippen LogP contribution >= 0.6 is 0 Å². The third kappa shape index (κ3) is 2.45. The van der Waals surface area contributed by atoms with Crippen LogP contribution in [0.3, 0.4) is 0 Å². The van der Waals surface area contributed by atoms with Crippen molar-refractivity contribution in [2.75, 3.05) is 17.5 Å². The van der Waals surface area contributed by atoms with Crippen molar-refractivity contribution >= 4 is 21.7 Å². The molecule has 1 rings (SSSR count). The zero-order chi connectivity index (χ0) is 12.5. The standard InChI is InChI=1S/C8H17N5O2S/c1-6(2)13(4)16(14,15)11-8-7(9)5-10-12(8)3/h5-6,11H,9H2,1-4H3. The van der Waals surface area contributed by atoms with Crippen LogP contribution in [0.5, 0.6) is 0 Å². The maximum absolute atomic E-state index is 11.9. The number of anilines is 2. The maximum Gasteiger partial charge on any atom is 0.302 e. The fourth-order valence-electron chi connectivity index (χ4n) is 1.05. The molecule has 0 bridgehead atoms. The third-order valence-electron chi connectivity index (χ3n) is 2.30. The van der Waals surface area contributed by atoms with Crippen molar-refractivity contribution in [3.63, 3.8) is 0 Å². The van der Waals surface area contributed by atoms with Crippen LogP contribution < -0.4 is 10.5 Å². The van der Waals surface area contributed by atoms with Gasteiger partial charge in [0.1, 0.15) is 0 Å². The molecule has 1 aromatic heterocycles. The van der Waals surface area contributed by atoms with Gasteiger partial charge in [0.05, 0.1) is 11.9 Å². The SMILES string of the molecule is CC(C)N(C)S(=O)(=O)Nc1c(N)cnn1C. The van der Waals surface area contributed by atoms with E-state index in [0.717, 1.165) is 0 Å². The highest BCUT2D eigenvalue weighted by molar-refractivity contribution is 7.90. The number of aromatic nitrogens is 2. The van der Waals surface area contributed by atoms with E-state index >= 15 is 0 Å². The van der Waals surface area contributed by atoms with Crippen LogP contribution in [0.15, 0.2) is 6.20 Å². The van der Waals surface area contributed by atoms with Crippen LogP contribution in [0, 0.1) is 0 Å². The van der Waals surface area contributed by atoms with Crippen LogP contribution in [0.1, 0.15) is 13.8 Å². The lowest BCUT2D eigenvalue weighted by atomic mass is 10.4. The molecule has 1 heterocycles. The van der Waals surface area contributed by atoms with Gasteiger partial charge in [-0.25, -0.2) is 0 Å². The summed E-state index contributed by atoms with van der Waals surface area (Å²) in [6, 6.07) is -0.132. The van der Waals surface area contributed by atoms with Crippen LogP contribution in [0.25, 0.3) is 0 Å². The lowest BCUT2D eigenvalue weighted by Crippen LogP contribution is -2.38. The van der Waals surface area contributed by atoms with E-state index in [1.165, 1.54) is 22.2 Å². The number of nitrogens with one attached hydrogen (secondary N) is 1. The van der Waals surface area contributed by atoms with Gasteiger partial charge in [-0.2, -0.15) is 17.8 Å². The largest absolute Gasteiger partial charge is 0.394 e. The molecule has 0 saturated heterocycles. The minimum Gasteiger partial charge on any atom is -0.394 e. The average molecular weight is 247 g/mol. The highest BCUT2D eigenvalue weighted by Crippen LogP contribution is 2.18. The van der Waals surface area contributed by atoms with Gasteiger partial charge >= 0.3 is 10.2 Å². The van der Waals surface area contributed by atoms with E-state index in [1.54, 1.807) is 20.9 Å². The number of hydrogen-bond acceptors (Lipinski definition) is 4. The number of nitrogens with zero attached hydrogens (tertiary/aromatic N) is 3. The Morgan fingerprint density at radius 2 is 2.12 bits per heavy atom. The summed E-state index contributed by atoms with van der Waals surface area (Å²) in [7, 11) is -0.471. The van der Waals surface area contributed by atoms with Gasteiger partial charge in [0, 0.05) is 20.1 Å². The summed E-state index contributed by atoms with van der Waals surface area (Å²) in [6.45, 7) is 3.57. The lowest BCUT2D eigenvalue weighted by Gasteiger charge is -2.21. The minimum absolute atomic E-state index is 0.132. The van der Waals surface area contributed by atoms with Crippen LogP contribution in [-0.4, -0.2) is 35.6 Å². The van der Waals surface area contributed by atoms with Crippen molar-refractivity contribution in [2.24, 2.45) is 7.05 Å². The highest BCUT2D eigenvalue weighted by atomic mass is 32.2. The lowest BCUT2D eigenvalue weighted by molar-refractivity contribution is 0.414. The average Bonchev–Trinajstić information content (AvgIpc) is 2.47. The molecule has 0 amide bonds. The third-order valence-corrected chi connectivity index (χ3v) is 3.93.